The average molecular weight is 276 g/mol. The first-order valence-electron chi connectivity index (χ1n) is 8.49. The first-order valence-corrected chi connectivity index (χ1v) is 8.49. The Morgan fingerprint density at radius 3 is 2.55 bits per heavy atom. The molecule has 3 rings (SSSR count). The Kier molecular flexibility index (Phi) is 3.18. The molecule has 0 heterocycles. The van der Waals surface area contributed by atoms with Crippen LogP contribution in [0, 0.1) is 28.1 Å². The molecule has 0 aliphatic heterocycles. The van der Waals surface area contributed by atoms with Gasteiger partial charge in [-0.3, -0.25) is 0 Å². The van der Waals surface area contributed by atoms with E-state index >= 15 is 0 Å². The quantitative estimate of drug-likeness (QED) is 0.643. The Hall–Kier alpha value is -0.300. The second-order valence-corrected chi connectivity index (χ2v) is 8.88. The third-order valence-electron chi connectivity index (χ3n) is 7.31. The molecule has 3 unspecified atom stereocenters. The molecule has 0 aromatic rings. The summed E-state index contributed by atoms with van der Waals surface area (Å²) in [6, 6.07) is 0. The molecule has 3 atom stereocenters. The molecule has 1 nitrogen and oxygen atoms in total. The molecule has 1 spiro atoms. The monoisotopic (exact) mass is 276 g/mol. The van der Waals surface area contributed by atoms with E-state index in [1.807, 2.05) is 12.7 Å². The van der Waals surface area contributed by atoms with Gasteiger partial charge in [-0.05, 0) is 54.3 Å². The zero-order valence-electron chi connectivity index (χ0n) is 14.3. The number of hydrogen-bond acceptors (Lipinski definition) is 1. The van der Waals surface area contributed by atoms with Crippen LogP contribution in [0.4, 0.5) is 0 Å². The lowest BCUT2D eigenvalue weighted by Crippen LogP contribution is -2.43. The molecule has 2 bridgehead atoms. The number of fused-ring (bicyclic) bond motifs is 1. The van der Waals surface area contributed by atoms with E-state index in [-0.39, 0.29) is 0 Å². The van der Waals surface area contributed by atoms with Crippen molar-refractivity contribution >= 4 is 0 Å². The molecule has 0 aromatic heterocycles. The first-order chi connectivity index (χ1) is 9.26. The van der Waals surface area contributed by atoms with Crippen molar-refractivity contribution in [1.29, 1.82) is 0 Å². The number of ether oxygens (including phenoxy) is 1. The SMILES string of the molecule is COCC(C)C1=C2C(C)(C)C3CCC2(C3)C(C)(C)CC1. The van der Waals surface area contributed by atoms with Gasteiger partial charge < -0.3 is 4.74 Å². The van der Waals surface area contributed by atoms with E-state index in [1.165, 1.54) is 32.1 Å². The van der Waals surface area contributed by atoms with Gasteiger partial charge in [-0.15, -0.1) is 0 Å². The third kappa shape index (κ3) is 1.65. The minimum Gasteiger partial charge on any atom is -0.384 e. The Morgan fingerprint density at radius 1 is 1.20 bits per heavy atom. The fourth-order valence-corrected chi connectivity index (χ4v) is 6.04. The normalized spacial score (nSPS) is 39.0. The van der Waals surface area contributed by atoms with Gasteiger partial charge in [0.25, 0.3) is 0 Å². The highest BCUT2D eigenvalue weighted by Gasteiger charge is 2.65. The van der Waals surface area contributed by atoms with Gasteiger partial charge in [0, 0.05) is 13.0 Å². The summed E-state index contributed by atoms with van der Waals surface area (Å²) in [5.74, 6) is 1.52. The topological polar surface area (TPSA) is 9.23 Å². The summed E-state index contributed by atoms with van der Waals surface area (Å²) in [5, 5.41) is 0. The van der Waals surface area contributed by atoms with Gasteiger partial charge >= 0.3 is 0 Å². The van der Waals surface area contributed by atoms with Gasteiger partial charge in [-0.2, -0.15) is 0 Å². The van der Waals surface area contributed by atoms with E-state index in [0.717, 1.165) is 12.5 Å². The minimum atomic E-state index is 0.424. The smallest absolute Gasteiger partial charge is 0.0525 e. The summed E-state index contributed by atoms with van der Waals surface area (Å²) in [5.41, 5.74) is 5.05. The van der Waals surface area contributed by atoms with E-state index < -0.39 is 0 Å². The predicted molar refractivity (Wildman–Crippen MR) is 84.6 cm³/mol. The van der Waals surface area contributed by atoms with Crippen molar-refractivity contribution in [3.63, 3.8) is 0 Å². The Balaban J connectivity index is 2.14. The Bertz CT molecular complexity index is 443. The highest BCUT2D eigenvalue weighted by Crippen LogP contribution is 2.75. The van der Waals surface area contributed by atoms with E-state index in [9.17, 15) is 0 Å². The van der Waals surface area contributed by atoms with E-state index in [2.05, 4.69) is 34.6 Å². The maximum absolute atomic E-state index is 5.47. The van der Waals surface area contributed by atoms with Crippen molar-refractivity contribution < 1.29 is 4.74 Å². The highest BCUT2D eigenvalue weighted by atomic mass is 16.5. The second-order valence-electron chi connectivity index (χ2n) is 8.88. The molecule has 0 saturated heterocycles. The van der Waals surface area contributed by atoms with Crippen molar-refractivity contribution in [3.8, 4) is 0 Å². The number of hydrogen-bond donors (Lipinski definition) is 0. The van der Waals surface area contributed by atoms with Crippen LogP contribution < -0.4 is 0 Å². The van der Waals surface area contributed by atoms with Crippen molar-refractivity contribution in [2.75, 3.05) is 13.7 Å². The fourth-order valence-electron chi connectivity index (χ4n) is 6.04. The van der Waals surface area contributed by atoms with Gasteiger partial charge in [0.15, 0.2) is 0 Å². The zero-order chi connectivity index (χ0) is 14.8. The van der Waals surface area contributed by atoms with E-state index in [0.29, 0.717) is 22.2 Å². The van der Waals surface area contributed by atoms with Crippen LogP contribution in [0.3, 0.4) is 0 Å². The van der Waals surface area contributed by atoms with Crippen LogP contribution in [0.2, 0.25) is 0 Å². The molecule has 0 N–H and O–H groups in total. The van der Waals surface area contributed by atoms with Crippen molar-refractivity contribution in [2.24, 2.45) is 28.1 Å². The molecular weight excluding hydrogens is 244 g/mol. The van der Waals surface area contributed by atoms with Gasteiger partial charge in [0.05, 0.1) is 6.61 Å². The molecule has 2 saturated carbocycles. The molecule has 3 aliphatic carbocycles. The largest absolute Gasteiger partial charge is 0.384 e. The Labute approximate surface area is 125 Å². The van der Waals surface area contributed by atoms with Gasteiger partial charge in [0.2, 0.25) is 0 Å². The number of methoxy groups -OCH3 is 1. The summed E-state index contributed by atoms with van der Waals surface area (Å²) in [6.07, 6.45) is 7.00. The summed E-state index contributed by atoms with van der Waals surface area (Å²) in [4.78, 5) is 0. The summed E-state index contributed by atoms with van der Waals surface area (Å²) in [7, 11) is 1.84. The van der Waals surface area contributed by atoms with Crippen LogP contribution in [-0.4, -0.2) is 13.7 Å². The standard InChI is InChI=1S/C19H32O/c1-13(12-20-6)15-8-9-17(2,3)19-10-7-14(11-19)18(4,5)16(15)19/h13-14H,7-12H2,1-6H3. The predicted octanol–water partition coefficient (Wildman–Crippen LogP) is 5.21. The molecule has 0 amide bonds. The maximum Gasteiger partial charge on any atom is 0.0525 e. The number of allylic oxidation sites excluding steroid dienone is 1. The Morgan fingerprint density at radius 2 is 1.90 bits per heavy atom. The third-order valence-corrected chi connectivity index (χ3v) is 7.31. The second kappa shape index (κ2) is 4.35. The van der Waals surface area contributed by atoms with Crippen LogP contribution in [0.15, 0.2) is 11.1 Å². The lowest BCUT2D eigenvalue weighted by atomic mass is 9.51. The molecule has 2 fully saturated rings. The molecule has 0 aromatic carbocycles. The first kappa shape index (κ1) is 14.6. The van der Waals surface area contributed by atoms with Gasteiger partial charge in [-0.1, -0.05) is 45.8 Å². The lowest BCUT2D eigenvalue weighted by molar-refractivity contribution is 0.0778. The lowest BCUT2D eigenvalue weighted by Gasteiger charge is -2.53. The number of rotatable bonds is 3. The fraction of sp³-hybridized carbons (Fsp3) is 0.895. The highest BCUT2D eigenvalue weighted by molar-refractivity contribution is 5.41. The van der Waals surface area contributed by atoms with Crippen LogP contribution in [-0.2, 0) is 4.74 Å². The van der Waals surface area contributed by atoms with Gasteiger partial charge in [0.1, 0.15) is 0 Å². The summed E-state index contributed by atoms with van der Waals surface area (Å²) in [6.45, 7) is 13.4. The minimum absolute atomic E-state index is 0.424. The zero-order valence-corrected chi connectivity index (χ0v) is 14.3. The molecular formula is C19H32O. The van der Waals surface area contributed by atoms with Crippen molar-refractivity contribution in [1.82, 2.24) is 0 Å². The van der Waals surface area contributed by atoms with Crippen LogP contribution in [0.1, 0.15) is 66.7 Å². The summed E-state index contributed by atoms with van der Waals surface area (Å²) >= 11 is 0. The van der Waals surface area contributed by atoms with Crippen LogP contribution in [0.25, 0.3) is 0 Å². The van der Waals surface area contributed by atoms with Gasteiger partial charge in [-0.25, -0.2) is 0 Å². The molecule has 3 aliphatic rings. The van der Waals surface area contributed by atoms with E-state index in [1.54, 1.807) is 5.57 Å². The van der Waals surface area contributed by atoms with E-state index in [4.69, 9.17) is 4.74 Å². The van der Waals surface area contributed by atoms with Crippen molar-refractivity contribution in [2.45, 2.75) is 66.7 Å². The van der Waals surface area contributed by atoms with Crippen LogP contribution >= 0.6 is 0 Å². The molecule has 20 heavy (non-hydrogen) atoms. The molecule has 0 radical (unpaired) electrons. The maximum atomic E-state index is 5.47. The molecule has 114 valence electrons. The average Bonchev–Trinajstić information content (AvgIpc) is 2.87. The van der Waals surface area contributed by atoms with Crippen molar-refractivity contribution in [3.05, 3.63) is 11.1 Å². The van der Waals surface area contributed by atoms with Crippen LogP contribution in [0.5, 0.6) is 0 Å². The summed E-state index contributed by atoms with van der Waals surface area (Å²) < 4.78 is 5.47. The molecule has 1 heteroatoms.